The third kappa shape index (κ3) is 3.61. The molecule has 0 radical (unpaired) electrons. The molecule has 106 valence electrons. The Morgan fingerprint density at radius 2 is 1.47 bits per heavy atom. The fourth-order valence-electron chi connectivity index (χ4n) is 2.27. The summed E-state index contributed by atoms with van der Waals surface area (Å²) in [5, 5.41) is 0. The van der Waals surface area contributed by atoms with Crippen LogP contribution < -0.4 is 5.46 Å². The predicted octanol–water partition coefficient (Wildman–Crippen LogP) is 3.32. The van der Waals surface area contributed by atoms with Gasteiger partial charge in [-0.1, -0.05) is 26.8 Å². The van der Waals surface area contributed by atoms with Gasteiger partial charge in [0.15, 0.2) is 0 Å². The van der Waals surface area contributed by atoms with E-state index in [0.29, 0.717) is 5.92 Å². The smallest absolute Gasteiger partial charge is 0.407 e. The van der Waals surface area contributed by atoms with Crippen molar-refractivity contribution in [3.05, 3.63) is 28.3 Å². The van der Waals surface area contributed by atoms with Crippen LogP contribution in [0.4, 0.5) is 0 Å². The van der Waals surface area contributed by atoms with Gasteiger partial charge in [0.25, 0.3) is 0 Å². The zero-order valence-electron chi connectivity index (χ0n) is 13.5. The second-order valence-electron chi connectivity index (χ2n) is 5.26. The first kappa shape index (κ1) is 16.3. The minimum absolute atomic E-state index is 0.177. The summed E-state index contributed by atoms with van der Waals surface area (Å²) >= 11 is 0. The number of hydrogen-bond acceptors (Lipinski definition) is 2. The lowest BCUT2D eigenvalue weighted by molar-refractivity contribution is 0.0957. The molecule has 1 aliphatic heterocycles. The second kappa shape index (κ2) is 7.11. The Balaban J connectivity index is 0.000000861. The van der Waals surface area contributed by atoms with Crippen molar-refractivity contribution in [2.75, 3.05) is 13.2 Å². The van der Waals surface area contributed by atoms with Crippen molar-refractivity contribution < 1.29 is 9.31 Å². The minimum Gasteiger partial charge on any atom is -0.407 e. The monoisotopic (exact) mass is 262 g/mol. The van der Waals surface area contributed by atoms with Crippen LogP contribution in [-0.2, 0) is 9.31 Å². The van der Waals surface area contributed by atoms with E-state index < -0.39 is 0 Å². The van der Waals surface area contributed by atoms with Crippen LogP contribution in [0.15, 0.2) is 6.07 Å². The Bertz CT molecular complexity index is 421. The number of hydrogen-bond donors (Lipinski definition) is 0. The van der Waals surface area contributed by atoms with E-state index in [0.717, 1.165) is 13.2 Å². The van der Waals surface area contributed by atoms with Gasteiger partial charge in [-0.3, -0.25) is 0 Å². The van der Waals surface area contributed by atoms with Crippen LogP contribution in [0.1, 0.15) is 43.0 Å². The minimum atomic E-state index is -0.177. The van der Waals surface area contributed by atoms with Gasteiger partial charge < -0.3 is 9.31 Å². The molecule has 0 spiro atoms. The van der Waals surface area contributed by atoms with Crippen molar-refractivity contribution in [2.24, 2.45) is 5.92 Å². The molecular weight excluding hydrogens is 235 g/mol. The van der Waals surface area contributed by atoms with E-state index in [2.05, 4.69) is 40.7 Å². The van der Waals surface area contributed by atoms with E-state index in [1.165, 1.54) is 27.7 Å². The van der Waals surface area contributed by atoms with E-state index >= 15 is 0 Å². The third-order valence-electron chi connectivity index (χ3n) is 3.84. The molecule has 0 atom stereocenters. The van der Waals surface area contributed by atoms with Gasteiger partial charge in [0.05, 0.1) is 0 Å². The van der Waals surface area contributed by atoms with Crippen LogP contribution in [0.25, 0.3) is 0 Å². The third-order valence-corrected chi connectivity index (χ3v) is 3.84. The molecule has 1 fully saturated rings. The maximum absolute atomic E-state index is 5.78. The summed E-state index contributed by atoms with van der Waals surface area (Å²) in [4.78, 5) is 0. The summed E-state index contributed by atoms with van der Waals surface area (Å²) < 4.78 is 11.6. The fraction of sp³-hybridized carbons (Fsp3) is 0.625. The van der Waals surface area contributed by atoms with Crippen LogP contribution >= 0.6 is 0 Å². The van der Waals surface area contributed by atoms with Crippen molar-refractivity contribution in [1.82, 2.24) is 0 Å². The predicted molar refractivity (Wildman–Crippen MR) is 83.2 cm³/mol. The Labute approximate surface area is 118 Å². The highest BCUT2D eigenvalue weighted by Gasteiger charge is 2.29. The van der Waals surface area contributed by atoms with Gasteiger partial charge >= 0.3 is 7.12 Å². The zero-order valence-corrected chi connectivity index (χ0v) is 13.5. The summed E-state index contributed by atoms with van der Waals surface area (Å²) in [7, 11) is -0.177. The van der Waals surface area contributed by atoms with Crippen molar-refractivity contribution in [1.29, 1.82) is 0 Å². The number of rotatable bonds is 1. The average molecular weight is 262 g/mol. The first-order valence-corrected chi connectivity index (χ1v) is 7.31. The fourth-order valence-corrected chi connectivity index (χ4v) is 2.27. The highest BCUT2D eigenvalue weighted by molar-refractivity contribution is 6.62. The van der Waals surface area contributed by atoms with Crippen LogP contribution in [0, 0.1) is 33.6 Å². The molecule has 0 unspecified atom stereocenters. The molecule has 1 heterocycles. The van der Waals surface area contributed by atoms with Crippen LogP contribution in [-0.4, -0.2) is 20.3 Å². The molecule has 2 rings (SSSR count). The first-order chi connectivity index (χ1) is 9.00. The molecule has 0 N–H and O–H groups in total. The van der Waals surface area contributed by atoms with Crippen LogP contribution in [0.2, 0.25) is 0 Å². The molecule has 19 heavy (non-hydrogen) atoms. The summed E-state index contributed by atoms with van der Waals surface area (Å²) in [5.74, 6) is 0.499. The number of benzene rings is 1. The van der Waals surface area contributed by atoms with E-state index in [1.54, 1.807) is 0 Å². The Hall–Kier alpha value is -0.795. The lowest BCUT2D eigenvalue weighted by Crippen LogP contribution is -2.45. The highest BCUT2D eigenvalue weighted by Crippen LogP contribution is 2.17. The standard InChI is InChI=1S/C14H21BO2.C2H6/c1-9-7-16-15(17-8-9)14-6-10(2)11(3)12(4)13(14)5;1-2/h6,9H,7-8H2,1-5H3;1-2H3. The molecule has 0 aliphatic carbocycles. The SMILES string of the molecule is CC.Cc1cc(B2OCC(C)CO2)c(C)c(C)c1C. The summed E-state index contributed by atoms with van der Waals surface area (Å²) in [5.41, 5.74) is 6.53. The van der Waals surface area contributed by atoms with Crippen LogP contribution in [0.5, 0.6) is 0 Å². The molecule has 1 aliphatic rings. The Morgan fingerprint density at radius 1 is 0.947 bits per heavy atom. The highest BCUT2D eigenvalue weighted by atomic mass is 16.6. The number of aryl methyl sites for hydroxylation is 1. The molecule has 0 aromatic heterocycles. The van der Waals surface area contributed by atoms with E-state index in [-0.39, 0.29) is 7.12 Å². The van der Waals surface area contributed by atoms with Crippen molar-refractivity contribution in [3.63, 3.8) is 0 Å². The largest absolute Gasteiger partial charge is 0.494 e. The second-order valence-corrected chi connectivity index (χ2v) is 5.26. The lowest BCUT2D eigenvalue weighted by Gasteiger charge is -2.27. The topological polar surface area (TPSA) is 18.5 Å². The molecule has 0 bridgehead atoms. The van der Waals surface area contributed by atoms with Gasteiger partial charge in [-0.15, -0.1) is 0 Å². The van der Waals surface area contributed by atoms with Crippen molar-refractivity contribution >= 4 is 12.6 Å². The zero-order chi connectivity index (χ0) is 14.6. The Morgan fingerprint density at radius 3 is 2.00 bits per heavy atom. The quantitative estimate of drug-likeness (QED) is 0.723. The van der Waals surface area contributed by atoms with Gasteiger partial charge in [0, 0.05) is 13.2 Å². The van der Waals surface area contributed by atoms with E-state index in [4.69, 9.17) is 9.31 Å². The molecule has 1 saturated heterocycles. The van der Waals surface area contributed by atoms with Gasteiger partial charge in [-0.25, -0.2) is 0 Å². The van der Waals surface area contributed by atoms with Gasteiger partial charge in [0.1, 0.15) is 0 Å². The molecule has 1 aromatic carbocycles. The maximum atomic E-state index is 5.78. The normalized spacial score (nSPS) is 16.1. The molecular formula is C16H27BO2. The van der Waals surface area contributed by atoms with Gasteiger partial charge in [0.2, 0.25) is 0 Å². The summed E-state index contributed by atoms with van der Waals surface area (Å²) in [6.45, 7) is 16.4. The van der Waals surface area contributed by atoms with E-state index in [9.17, 15) is 0 Å². The Kier molecular flexibility index (Phi) is 6.09. The average Bonchev–Trinajstić information content (AvgIpc) is 2.44. The molecule has 0 amide bonds. The van der Waals surface area contributed by atoms with Crippen molar-refractivity contribution in [3.8, 4) is 0 Å². The first-order valence-electron chi connectivity index (χ1n) is 7.31. The molecule has 2 nitrogen and oxygen atoms in total. The molecule has 0 saturated carbocycles. The summed E-state index contributed by atoms with van der Waals surface area (Å²) in [6.07, 6.45) is 0. The van der Waals surface area contributed by atoms with Crippen molar-refractivity contribution in [2.45, 2.75) is 48.5 Å². The lowest BCUT2D eigenvalue weighted by atomic mass is 9.72. The van der Waals surface area contributed by atoms with Gasteiger partial charge in [-0.2, -0.15) is 0 Å². The van der Waals surface area contributed by atoms with Crippen LogP contribution in [0.3, 0.4) is 0 Å². The molecule has 1 aromatic rings. The molecule has 3 heteroatoms. The van der Waals surface area contributed by atoms with Gasteiger partial charge in [-0.05, 0) is 61.3 Å². The maximum Gasteiger partial charge on any atom is 0.494 e. The van der Waals surface area contributed by atoms with E-state index in [1.807, 2.05) is 13.8 Å². The summed E-state index contributed by atoms with van der Waals surface area (Å²) in [6, 6.07) is 2.21.